The summed E-state index contributed by atoms with van der Waals surface area (Å²) in [5.74, 6) is 0.677. The monoisotopic (exact) mass is 348 g/mol. The average Bonchev–Trinajstić information content (AvgIpc) is 3.22. The number of furan rings is 1. The van der Waals surface area contributed by atoms with Crippen LogP contribution in [0.2, 0.25) is 0 Å². The highest BCUT2D eigenvalue weighted by Crippen LogP contribution is 2.44. The summed E-state index contributed by atoms with van der Waals surface area (Å²) in [5, 5.41) is 9.48. The van der Waals surface area contributed by atoms with Gasteiger partial charge in [0.05, 0.1) is 18.0 Å². The Morgan fingerprint density at radius 2 is 1.96 bits per heavy atom. The molecule has 2 aliphatic rings. The maximum Gasteiger partial charge on any atom is 0.308 e. The molecule has 1 aliphatic carbocycles. The Bertz CT molecular complexity index is 646. The Labute approximate surface area is 148 Å². The Balaban J connectivity index is 1.72. The molecule has 1 amide bonds. The molecule has 1 aromatic rings. The van der Waals surface area contributed by atoms with E-state index in [1.165, 1.54) is 0 Å². The van der Waals surface area contributed by atoms with Crippen molar-refractivity contribution in [3.8, 4) is 0 Å². The van der Waals surface area contributed by atoms with Crippen LogP contribution >= 0.6 is 0 Å². The minimum atomic E-state index is -0.779. The lowest BCUT2D eigenvalue weighted by Crippen LogP contribution is -2.30. The first-order chi connectivity index (χ1) is 11.9. The smallest absolute Gasteiger partial charge is 0.308 e. The van der Waals surface area contributed by atoms with E-state index in [9.17, 15) is 14.7 Å². The van der Waals surface area contributed by atoms with Gasteiger partial charge in [0.1, 0.15) is 11.5 Å². The minimum Gasteiger partial charge on any atom is -0.481 e. The molecule has 2 fully saturated rings. The summed E-state index contributed by atoms with van der Waals surface area (Å²) in [5.41, 5.74) is 0.572. The predicted octanol–water partition coefficient (Wildman–Crippen LogP) is 2.61. The molecule has 0 bridgehead atoms. The van der Waals surface area contributed by atoms with Crippen molar-refractivity contribution in [2.75, 3.05) is 26.2 Å². The third-order valence-corrected chi connectivity index (χ3v) is 5.67. The number of nitrogens with zero attached hydrogens (tertiary/aromatic N) is 2. The average molecular weight is 348 g/mol. The van der Waals surface area contributed by atoms with Gasteiger partial charge in [0.15, 0.2) is 0 Å². The van der Waals surface area contributed by atoms with Gasteiger partial charge in [-0.3, -0.25) is 14.5 Å². The molecule has 1 aromatic heterocycles. The summed E-state index contributed by atoms with van der Waals surface area (Å²) >= 11 is 0. The Morgan fingerprint density at radius 3 is 2.52 bits per heavy atom. The van der Waals surface area contributed by atoms with Gasteiger partial charge in [0, 0.05) is 13.1 Å². The normalized spacial score (nSPS) is 23.4. The van der Waals surface area contributed by atoms with Crippen LogP contribution in [0.25, 0.3) is 0 Å². The molecule has 0 radical (unpaired) electrons. The van der Waals surface area contributed by atoms with E-state index < -0.39 is 11.9 Å². The molecular weight excluding hydrogens is 320 g/mol. The van der Waals surface area contributed by atoms with Crippen LogP contribution in [-0.4, -0.2) is 53.0 Å². The summed E-state index contributed by atoms with van der Waals surface area (Å²) < 4.78 is 5.78. The molecule has 1 N–H and O–H groups in total. The second kappa shape index (κ2) is 7.20. The number of carboxylic acid groups (broad SMARTS) is 1. The topological polar surface area (TPSA) is 74.0 Å². The molecular formula is C19H28N2O4. The zero-order valence-corrected chi connectivity index (χ0v) is 15.3. The highest BCUT2D eigenvalue weighted by molar-refractivity contribution is 5.96. The fourth-order valence-electron chi connectivity index (χ4n) is 3.93. The van der Waals surface area contributed by atoms with Crippen molar-refractivity contribution in [3.63, 3.8) is 0 Å². The molecule has 1 aliphatic heterocycles. The minimum absolute atomic E-state index is 0.0959. The van der Waals surface area contributed by atoms with E-state index in [1.807, 2.05) is 13.0 Å². The fourth-order valence-corrected chi connectivity index (χ4v) is 3.93. The van der Waals surface area contributed by atoms with Gasteiger partial charge in [-0.2, -0.15) is 0 Å². The molecule has 1 saturated carbocycles. The fraction of sp³-hybridized carbons (Fsp3) is 0.684. The standard InChI is InChI=1S/C19H28N2O4/c1-4-20(5-2)9-14-8-15(12(3)25-14)18(22)21-10-16(13-6-7-13)17(11-21)19(23)24/h8,13,16-17H,4-7,9-11H2,1-3H3,(H,23,24)/t16-,17+/m0/s1. The molecule has 0 unspecified atom stereocenters. The van der Waals surface area contributed by atoms with Crippen LogP contribution in [0.15, 0.2) is 10.5 Å². The first-order valence-electron chi connectivity index (χ1n) is 9.28. The van der Waals surface area contributed by atoms with Crippen LogP contribution in [-0.2, 0) is 11.3 Å². The molecule has 6 nitrogen and oxygen atoms in total. The second-order valence-electron chi connectivity index (χ2n) is 7.30. The Morgan fingerprint density at radius 1 is 1.28 bits per heavy atom. The second-order valence-corrected chi connectivity index (χ2v) is 7.30. The van der Waals surface area contributed by atoms with Crippen molar-refractivity contribution >= 4 is 11.9 Å². The highest BCUT2D eigenvalue weighted by Gasteiger charge is 2.47. The van der Waals surface area contributed by atoms with Gasteiger partial charge in [-0.15, -0.1) is 0 Å². The molecule has 0 aromatic carbocycles. The van der Waals surface area contributed by atoms with Crippen molar-refractivity contribution in [1.29, 1.82) is 0 Å². The summed E-state index contributed by atoms with van der Waals surface area (Å²) in [6, 6.07) is 1.83. The number of carbonyl (C=O) groups is 2. The number of amides is 1. The lowest BCUT2D eigenvalue weighted by atomic mass is 9.92. The first-order valence-corrected chi connectivity index (χ1v) is 9.28. The number of hydrogen-bond donors (Lipinski definition) is 1. The van der Waals surface area contributed by atoms with Crippen molar-refractivity contribution < 1.29 is 19.1 Å². The summed E-state index contributed by atoms with van der Waals surface area (Å²) in [6.07, 6.45) is 2.18. The summed E-state index contributed by atoms with van der Waals surface area (Å²) in [7, 11) is 0. The molecule has 25 heavy (non-hydrogen) atoms. The first kappa shape index (κ1) is 18.0. The van der Waals surface area contributed by atoms with Crippen molar-refractivity contribution in [2.24, 2.45) is 17.8 Å². The van der Waals surface area contributed by atoms with Crippen LogP contribution in [0.3, 0.4) is 0 Å². The van der Waals surface area contributed by atoms with E-state index in [-0.39, 0.29) is 11.8 Å². The van der Waals surface area contributed by atoms with Crippen LogP contribution in [0.5, 0.6) is 0 Å². The molecule has 138 valence electrons. The van der Waals surface area contributed by atoms with E-state index in [0.717, 1.165) is 31.7 Å². The van der Waals surface area contributed by atoms with Gasteiger partial charge in [0.25, 0.3) is 5.91 Å². The zero-order chi connectivity index (χ0) is 18.1. The summed E-state index contributed by atoms with van der Waals surface area (Å²) in [6.45, 7) is 9.40. The molecule has 2 atom stereocenters. The van der Waals surface area contributed by atoms with E-state index >= 15 is 0 Å². The highest BCUT2D eigenvalue weighted by atomic mass is 16.4. The lowest BCUT2D eigenvalue weighted by molar-refractivity contribution is -0.142. The summed E-state index contributed by atoms with van der Waals surface area (Å²) in [4.78, 5) is 28.4. The van der Waals surface area contributed by atoms with E-state index in [1.54, 1.807) is 4.90 Å². The van der Waals surface area contributed by atoms with Crippen LogP contribution < -0.4 is 0 Å². The maximum atomic E-state index is 12.9. The van der Waals surface area contributed by atoms with Gasteiger partial charge >= 0.3 is 5.97 Å². The SMILES string of the molecule is CCN(CC)Cc1cc(C(=O)N2C[C@@H](C(=O)O)[C@H](C3CC3)C2)c(C)o1. The number of likely N-dealkylation sites (tertiary alicyclic amines) is 1. The maximum absolute atomic E-state index is 12.9. The number of carbonyl (C=O) groups excluding carboxylic acids is 1. The zero-order valence-electron chi connectivity index (χ0n) is 15.3. The number of rotatable bonds is 7. The van der Waals surface area contributed by atoms with Gasteiger partial charge in [-0.25, -0.2) is 0 Å². The van der Waals surface area contributed by atoms with Gasteiger partial charge in [-0.05, 0) is 50.8 Å². The van der Waals surface area contributed by atoms with Gasteiger partial charge < -0.3 is 14.4 Å². The third kappa shape index (κ3) is 3.73. The lowest BCUT2D eigenvalue weighted by Gasteiger charge is -2.16. The van der Waals surface area contributed by atoms with Crippen molar-refractivity contribution in [1.82, 2.24) is 9.80 Å². The van der Waals surface area contributed by atoms with Crippen molar-refractivity contribution in [3.05, 3.63) is 23.2 Å². The number of aryl methyl sites for hydroxylation is 1. The van der Waals surface area contributed by atoms with Gasteiger partial charge in [-0.1, -0.05) is 13.8 Å². The van der Waals surface area contributed by atoms with E-state index in [0.29, 0.717) is 36.9 Å². The third-order valence-electron chi connectivity index (χ3n) is 5.67. The van der Waals surface area contributed by atoms with Gasteiger partial charge in [0.2, 0.25) is 0 Å². The van der Waals surface area contributed by atoms with E-state index in [2.05, 4.69) is 18.7 Å². The molecule has 3 rings (SSSR count). The molecule has 1 saturated heterocycles. The Kier molecular flexibility index (Phi) is 5.18. The number of carboxylic acids is 1. The van der Waals surface area contributed by atoms with Crippen LogP contribution in [0.1, 0.15) is 48.6 Å². The molecule has 2 heterocycles. The Hall–Kier alpha value is -1.82. The quantitative estimate of drug-likeness (QED) is 0.820. The van der Waals surface area contributed by atoms with Crippen LogP contribution in [0, 0.1) is 24.7 Å². The number of aliphatic carboxylic acids is 1. The van der Waals surface area contributed by atoms with Crippen LogP contribution in [0.4, 0.5) is 0 Å². The van der Waals surface area contributed by atoms with E-state index in [4.69, 9.17) is 4.42 Å². The predicted molar refractivity (Wildman–Crippen MR) is 93.3 cm³/mol. The van der Waals surface area contributed by atoms with Crippen molar-refractivity contribution in [2.45, 2.75) is 40.2 Å². The molecule has 0 spiro atoms. The molecule has 6 heteroatoms. The number of hydrogen-bond acceptors (Lipinski definition) is 4. The largest absolute Gasteiger partial charge is 0.481 e.